The fraction of sp³-hybridized carbons (Fsp3) is 0.750. The lowest BCUT2D eigenvalue weighted by Gasteiger charge is -2.37. The van der Waals surface area contributed by atoms with Crippen molar-refractivity contribution in [1.82, 2.24) is 4.90 Å². The molecule has 0 radical (unpaired) electrons. The van der Waals surface area contributed by atoms with Crippen LogP contribution in [0.25, 0.3) is 0 Å². The van der Waals surface area contributed by atoms with Gasteiger partial charge in [0.1, 0.15) is 0 Å². The Bertz CT molecular complexity index is 289. The van der Waals surface area contributed by atoms with Crippen LogP contribution in [0.2, 0.25) is 0 Å². The Kier molecular flexibility index (Phi) is 4.44. The molecule has 0 bridgehead atoms. The number of hydrogen-bond donors (Lipinski definition) is 0. The van der Waals surface area contributed by atoms with E-state index in [9.17, 15) is 0 Å². The molecule has 2 aliphatic carbocycles. The van der Waals surface area contributed by atoms with Crippen LogP contribution in [0.3, 0.4) is 0 Å². The zero-order valence-corrected chi connectivity index (χ0v) is 11.5. The van der Waals surface area contributed by atoms with Crippen LogP contribution in [0.4, 0.5) is 0 Å². The Hall–Kier alpha value is -0.560. The summed E-state index contributed by atoms with van der Waals surface area (Å²) in [7, 11) is 4.35. The average molecular weight is 233 g/mol. The lowest BCUT2D eigenvalue weighted by Crippen LogP contribution is -2.27. The van der Waals surface area contributed by atoms with E-state index in [0.717, 1.165) is 11.8 Å². The molecule has 0 atom stereocenters. The predicted molar refractivity (Wildman–Crippen MR) is 75.1 cm³/mol. The molecule has 0 aliphatic heterocycles. The Morgan fingerprint density at radius 1 is 1.29 bits per heavy atom. The minimum absolute atomic E-state index is 0.961. The SMILES string of the molecule is C=CC(CC1CC(CCN(C)C)C1)=C1CCC1. The van der Waals surface area contributed by atoms with E-state index in [4.69, 9.17) is 0 Å². The van der Waals surface area contributed by atoms with Crippen molar-refractivity contribution in [2.24, 2.45) is 11.8 Å². The number of hydrogen-bond acceptors (Lipinski definition) is 1. The van der Waals surface area contributed by atoms with Crippen LogP contribution in [0.15, 0.2) is 23.8 Å². The zero-order valence-electron chi connectivity index (χ0n) is 11.5. The molecule has 0 saturated heterocycles. The second-order valence-corrected chi connectivity index (χ2v) is 6.19. The summed E-state index contributed by atoms with van der Waals surface area (Å²) in [5.41, 5.74) is 3.30. The van der Waals surface area contributed by atoms with E-state index in [1.807, 2.05) is 0 Å². The summed E-state index contributed by atoms with van der Waals surface area (Å²) >= 11 is 0. The van der Waals surface area contributed by atoms with Crippen molar-refractivity contribution in [2.45, 2.75) is 44.9 Å². The van der Waals surface area contributed by atoms with Gasteiger partial charge in [0.25, 0.3) is 0 Å². The molecule has 1 nitrogen and oxygen atoms in total. The quantitative estimate of drug-likeness (QED) is 0.670. The van der Waals surface area contributed by atoms with Crippen molar-refractivity contribution in [2.75, 3.05) is 20.6 Å². The highest BCUT2D eigenvalue weighted by Gasteiger charge is 2.29. The Labute approximate surface area is 107 Å². The van der Waals surface area contributed by atoms with Gasteiger partial charge in [-0.25, -0.2) is 0 Å². The molecule has 17 heavy (non-hydrogen) atoms. The first-order valence-corrected chi connectivity index (χ1v) is 7.17. The van der Waals surface area contributed by atoms with E-state index in [0.29, 0.717) is 0 Å². The fourth-order valence-corrected chi connectivity index (χ4v) is 3.07. The first-order valence-electron chi connectivity index (χ1n) is 7.17. The molecule has 0 spiro atoms. The summed E-state index contributed by atoms with van der Waals surface area (Å²) in [6, 6.07) is 0. The van der Waals surface area contributed by atoms with Crippen LogP contribution < -0.4 is 0 Å². The van der Waals surface area contributed by atoms with Crippen LogP contribution in [0.1, 0.15) is 44.9 Å². The molecule has 0 N–H and O–H groups in total. The molecule has 0 heterocycles. The van der Waals surface area contributed by atoms with Gasteiger partial charge in [0, 0.05) is 0 Å². The number of nitrogens with zero attached hydrogens (tertiary/aromatic N) is 1. The van der Waals surface area contributed by atoms with Gasteiger partial charge in [-0.1, -0.05) is 18.2 Å². The average Bonchev–Trinajstić information content (AvgIpc) is 2.15. The Morgan fingerprint density at radius 2 is 2.00 bits per heavy atom. The minimum atomic E-state index is 0.961. The van der Waals surface area contributed by atoms with E-state index in [1.54, 1.807) is 11.1 Å². The highest BCUT2D eigenvalue weighted by molar-refractivity contribution is 5.28. The number of rotatable bonds is 6. The van der Waals surface area contributed by atoms with Crippen LogP contribution in [-0.2, 0) is 0 Å². The van der Waals surface area contributed by atoms with Crippen molar-refractivity contribution in [3.63, 3.8) is 0 Å². The molecule has 1 heteroatoms. The maximum absolute atomic E-state index is 3.99. The molecule has 2 fully saturated rings. The molecule has 2 rings (SSSR count). The summed E-state index contributed by atoms with van der Waals surface area (Å²) in [5.74, 6) is 1.96. The zero-order chi connectivity index (χ0) is 12.3. The van der Waals surface area contributed by atoms with E-state index in [2.05, 4.69) is 31.7 Å². The van der Waals surface area contributed by atoms with Gasteiger partial charge in [-0.15, -0.1) is 0 Å². The van der Waals surface area contributed by atoms with Gasteiger partial charge < -0.3 is 4.90 Å². The first kappa shape index (κ1) is 12.9. The predicted octanol–water partition coefficient (Wildman–Crippen LogP) is 4.02. The topological polar surface area (TPSA) is 3.24 Å². The molecule has 0 aromatic heterocycles. The van der Waals surface area contributed by atoms with Crippen molar-refractivity contribution < 1.29 is 0 Å². The van der Waals surface area contributed by atoms with Crippen LogP contribution >= 0.6 is 0 Å². The van der Waals surface area contributed by atoms with Gasteiger partial charge in [0.05, 0.1) is 0 Å². The van der Waals surface area contributed by atoms with Gasteiger partial charge in [0.2, 0.25) is 0 Å². The third kappa shape index (κ3) is 3.45. The summed E-state index contributed by atoms with van der Waals surface area (Å²) in [4.78, 5) is 2.30. The highest BCUT2D eigenvalue weighted by atomic mass is 15.0. The molecule has 96 valence electrons. The van der Waals surface area contributed by atoms with Crippen molar-refractivity contribution in [3.8, 4) is 0 Å². The Morgan fingerprint density at radius 3 is 2.47 bits per heavy atom. The maximum Gasteiger partial charge on any atom is -0.00222 e. The van der Waals surface area contributed by atoms with Crippen LogP contribution in [0.5, 0.6) is 0 Å². The Balaban J connectivity index is 1.68. The smallest absolute Gasteiger partial charge is 0.00222 e. The fourth-order valence-electron chi connectivity index (χ4n) is 3.07. The molecule has 0 amide bonds. The van der Waals surface area contributed by atoms with Gasteiger partial charge in [-0.05, 0) is 83.0 Å². The minimum Gasteiger partial charge on any atom is -0.309 e. The highest BCUT2D eigenvalue weighted by Crippen LogP contribution is 2.42. The molecule has 0 unspecified atom stereocenters. The van der Waals surface area contributed by atoms with E-state index < -0.39 is 0 Å². The summed E-state index contributed by atoms with van der Waals surface area (Å²) in [6.07, 6.45) is 11.8. The first-order chi connectivity index (χ1) is 8.19. The van der Waals surface area contributed by atoms with Crippen LogP contribution in [0, 0.1) is 11.8 Å². The third-order valence-corrected chi connectivity index (χ3v) is 4.48. The summed E-state index contributed by atoms with van der Waals surface area (Å²) in [6.45, 7) is 5.25. The van der Waals surface area contributed by atoms with Gasteiger partial charge in [0.15, 0.2) is 0 Å². The van der Waals surface area contributed by atoms with E-state index in [1.165, 1.54) is 51.5 Å². The van der Waals surface area contributed by atoms with Crippen molar-refractivity contribution in [3.05, 3.63) is 23.8 Å². The van der Waals surface area contributed by atoms with Gasteiger partial charge in [-0.3, -0.25) is 0 Å². The lowest BCUT2D eigenvalue weighted by molar-refractivity contribution is 0.167. The summed E-state index contributed by atoms with van der Waals surface area (Å²) in [5, 5.41) is 0. The van der Waals surface area contributed by atoms with Crippen molar-refractivity contribution in [1.29, 1.82) is 0 Å². The second kappa shape index (κ2) is 5.86. The van der Waals surface area contributed by atoms with Gasteiger partial charge in [-0.2, -0.15) is 0 Å². The molecule has 0 aromatic carbocycles. The molecule has 2 saturated carbocycles. The van der Waals surface area contributed by atoms with E-state index in [-0.39, 0.29) is 0 Å². The van der Waals surface area contributed by atoms with Crippen LogP contribution in [-0.4, -0.2) is 25.5 Å². The normalized spacial score (nSPS) is 27.6. The monoisotopic (exact) mass is 233 g/mol. The molecular weight excluding hydrogens is 206 g/mol. The van der Waals surface area contributed by atoms with Crippen molar-refractivity contribution >= 4 is 0 Å². The standard InChI is InChI=1S/C16H27N/c1-4-15(16-6-5-7-16)12-14-10-13(11-14)8-9-17(2)3/h4,13-14H,1,5-12H2,2-3H3. The second-order valence-electron chi connectivity index (χ2n) is 6.19. The van der Waals surface area contributed by atoms with E-state index >= 15 is 0 Å². The third-order valence-electron chi connectivity index (χ3n) is 4.48. The number of allylic oxidation sites excluding steroid dienone is 3. The lowest BCUT2D eigenvalue weighted by atomic mass is 9.69. The van der Waals surface area contributed by atoms with Gasteiger partial charge >= 0.3 is 0 Å². The molecular formula is C16H27N. The molecule has 2 aliphatic rings. The maximum atomic E-state index is 3.99. The molecule has 0 aromatic rings. The summed E-state index contributed by atoms with van der Waals surface area (Å²) < 4.78 is 0. The largest absolute Gasteiger partial charge is 0.309 e.